The van der Waals surface area contributed by atoms with Crippen LogP contribution in [0.5, 0.6) is 0 Å². The van der Waals surface area contributed by atoms with Gasteiger partial charge in [0.1, 0.15) is 0 Å². The highest BCUT2D eigenvalue weighted by Crippen LogP contribution is 2.21. The first-order chi connectivity index (χ1) is 13.6. The van der Waals surface area contributed by atoms with Crippen molar-refractivity contribution in [3.63, 3.8) is 0 Å². The van der Waals surface area contributed by atoms with E-state index >= 15 is 0 Å². The third-order valence-corrected chi connectivity index (χ3v) is 5.77. The first kappa shape index (κ1) is 21.1. The molecule has 0 radical (unpaired) electrons. The van der Waals surface area contributed by atoms with Crippen LogP contribution in [0.25, 0.3) is 0 Å². The third-order valence-electron chi connectivity index (χ3n) is 5.45. The van der Waals surface area contributed by atoms with Crippen molar-refractivity contribution in [3.8, 4) is 0 Å². The summed E-state index contributed by atoms with van der Waals surface area (Å²) in [5.41, 5.74) is 1.38. The topological polar surface area (TPSA) is 74.2 Å². The van der Waals surface area contributed by atoms with Crippen molar-refractivity contribution in [1.29, 1.82) is 0 Å². The second-order valence-electron chi connectivity index (χ2n) is 7.48. The number of carbonyl (C=O) groups is 2. The highest BCUT2D eigenvalue weighted by Gasteiger charge is 2.37. The van der Waals surface area contributed by atoms with E-state index < -0.39 is 5.92 Å². The van der Waals surface area contributed by atoms with Gasteiger partial charge < -0.3 is 10.1 Å². The molecule has 8 heteroatoms. The van der Waals surface area contributed by atoms with Crippen molar-refractivity contribution in [3.05, 3.63) is 11.6 Å². The highest BCUT2D eigenvalue weighted by molar-refractivity contribution is 7.80. The molecule has 0 spiro atoms. The van der Waals surface area contributed by atoms with Crippen molar-refractivity contribution >= 4 is 35.4 Å². The van der Waals surface area contributed by atoms with Gasteiger partial charge >= 0.3 is 0 Å². The Morgan fingerprint density at radius 1 is 1.25 bits per heavy atom. The smallest absolute Gasteiger partial charge is 0.246 e. The number of carbonyl (C=O) groups excluding carboxylic acids is 2. The monoisotopic (exact) mass is 406 g/mol. The second kappa shape index (κ2) is 10.8. The fourth-order valence-electron chi connectivity index (χ4n) is 3.75. The van der Waals surface area contributed by atoms with Crippen LogP contribution in [0.3, 0.4) is 0 Å². The van der Waals surface area contributed by atoms with Crippen LogP contribution in [-0.4, -0.2) is 78.9 Å². The molecule has 7 nitrogen and oxygen atoms in total. The van der Waals surface area contributed by atoms with Gasteiger partial charge in [-0.3, -0.25) is 24.4 Å². The molecule has 2 fully saturated rings. The average Bonchev–Trinajstić information content (AvgIpc) is 2.71. The molecule has 2 amide bonds. The van der Waals surface area contributed by atoms with E-state index in [0.717, 1.165) is 58.5 Å². The largest absolute Gasteiger partial charge is 0.379 e. The summed E-state index contributed by atoms with van der Waals surface area (Å²) in [5.74, 6) is -1.52. The van der Waals surface area contributed by atoms with E-state index in [0.29, 0.717) is 13.1 Å². The van der Waals surface area contributed by atoms with Gasteiger partial charge in [-0.2, -0.15) is 0 Å². The fraction of sp³-hybridized carbons (Fsp3) is 0.700. The van der Waals surface area contributed by atoms with Crippen molar-refractivity contribution in [1.82, 2.24) is 15.1 Å². The van der Waals surface area contributed by atoms with Gasteiger partial charge in [-0.05, 0) is 50.7 Å². The first-order valence-electron chi connectivity index (χ1n) is 10.3. The lowest BCUT2D eigenvalue weighted by Crippen LogP contribution is -2.58. The van der Waals surface area contributed by atoms with E-state index in [1.807, 2.05) is 0 Å². The Kier molecular flexibility index (Phi) is 8.12. The number of hydrogen-bond donors (Lipinski definition) is 1. The minimum Gasteiger partial charge on any atom is -0.379 e. The summed E-state index contributed by atoms with van der Waals surface area (Å²) in [7, 11) is 0. The molecule has 154 valence electrons. The summed E-state index contributed by atoms with van der Waals surface area (Å²) in [6.45, 7) is 5.55. The molecule has 1 atom stereocenters. The van der Waals surface area contributed by atoms with E-state index in [-0.39, 0.29) is 16.9 Å². The zero-order valence-corrected chi connectivity index (χ0v) is 17.2. The van der Waals surface area contributed by atoms with Crippen LogP contribution in [0.2, 0.25) is 0 Å². The quantitative estimate of drug-likeness (QED) is 0.218. The number of morpholine rings is 1. The van der Waals surface area contributed by atoms with Crippen LogP contribution < -0.4 is 5.32 Å². The minimum atomic E-state index is -0.879. The fourth-order valence-corrected chi connectivity index (χ4v) is 4.03. The van der Waals surface area contributed by atoms with Crippen LogP contribution in [0.1, 0.15) is 38.5 Å². The number of nitrogens with one attached hydrogen (secondary N) is 1. The molecule has 0 saturated carbocycles. The van der Waals surface area contributed by atoms with Crippen molar-refractivity contribution < 1.29 is 14.3 Å². The number of thiocarbonyl (C=S) groups is 1. The lowest BCUT2D eigenvalue weighted by Gasteiger charge is -2.31. The summed E-state index contributed by atoms with van der Waals surface area (Å²) < 4.78 is 5.34. The van der Waals surface area contributed by atoms with Crippen molar-refractivity contribution in [2.75, 3.05) is 45.9 Å². The molecule has 0 bridgehead atoms. The molecule has 28 heavy (non-hydrogen) atoms. The van der Waals surface area contributed by atoms with Crippen molar-refractivity contribution in [2.45, 2.75) is 38.5 Å². The number of nitrogens with zero attached hydrogens (tertiary/aromatic N) is 3. The van der Waals surface area contributed by atoms with E-state index in [2.05, 4.69) is 21.3 Å². The third kappa shape index (κ3) is 5.93. The van der Waals surface area contributed by atoms with Crippen LogP contribution in [0.4, 0.5) is 0 Å². The highest BCUT2D eigenvalue weighted by atomic mass is 32.1. The molecule has 2 heterocycles. The van der Waals surface area contributed by atoms with E-state index in [1.54, 1.807) is 0 Å². The van der Waals surface area contributed by atoms with Crippen LogP contribution in [0, 0.1) is 5.92 Å². The SMILES string of the molecule is O=C1NC(=S)N(CCC2=CCCCC2)C(=O)[C@H]1C=NCCCN1CCOCC1. The maximum atomic E-state index is 12.8. The number of amides is 2. The summed E-state index contributed by atoms with van der Waals surface area (Å²) >= 11 is 5.22. The maximum Gasteiger partial charge on any atom is 0.246 e. The minimum absolute atomic E-state index is 0.211. The standard InChI is InChI=1S/C20H30N4O3S/c25-18-17(15-21-8-4-9-23-11-13-27-14-12-23)19(26)24(20(28)22-18)10-7-16-5-2-1-3-6-16/h5,15,17H,1-4,6-14H2,(H,22,25,28)/t17-/m0/s1. The maximum absolute atomic E-state index is 12.8. The first-order valence-corrected chi connectivity index (χ1v) is 10.7. The number of hydrogen-bond acceptors (Lipinski definition) is 6. The summed E-state index contributed by atoms with van der Waals surface area (Å²) in [5, 5.41) is 2.87. The molecule has 0 aromatic carbocycles. The molecule has 1 N–H and O–H groups in total. The van der Waals surface area contributed by atoms with E-state index in [9.17, 15) is 9.59 Å². The molecule has 0 unspecified atom stereocenters. The molecule has 3 rings (SSSR count). The molecule has 0 aromatic heterocycles. The van der Waals surface area contributed by atoms with Crippen molar-refractivity contribution in [2.24, 2.45) is 10.9 Å². The predicted octanol–water partition coefficient (Wildman–Crippen LogP) is 1.53. The van der Waals surface area contributed by atoms with Gasteiger partial charge in [-0.1, -0.05) is 11.6 Å². The van der Waals surface area contributed by atoms with Gasteiger partial charge in [-0.25, -0.2) is 0 Å². The molecule has 2 saturated heterocycles. The Morgan fingerprint density at radius 3 is 2.82 bits per heavy atom. The Balaban J connectivity index is 1.47. The average molecular weight is 407 g/mol. The number of aliphatic imine (C=N–C) groups is 1. The second-order valence-corrected chi connectivity index (χ2v) is 7.87. The predicted molar refractivity (Wildman–Crippen MR) is 112 cm³/mol. The van der Waals surface area contributed by atoms with Gasteiger partial charge in [0.15, 0.2) is 11.0 Å². The van der Waals surface area contributed by atoms with Crippen LogP contribution in [-0.2, 0) is 14.3 Å². The summed E-state index contributed by atoms with van der Waals surface area (Å²) in [6, 6.07) is 0. The molecule has 1 aliphatic carbocycles. The zero-order chi connectivity index (χ0) is 19.8. The summed E-state index contributed by atoms with van der Waals surface area (Å²) in [6.07, 6.45) is 10.1. The Morgan fingerprint density at radius 2 is 2.07 bits per heavy atom. The lowest BCUT2D eigenvalue weighted by molar-refractivity contribution is -0.137. The molecule has 3 aliphatic rings. The lowest BCUT2D eigenvalue weighted by atomic mass is 9.97. The Bertz CT molecular complexity index is 643. The van der Waals surface area contributed by atoms with Gasteiger partial charge in [0.25, 0.3) is 0 Å². The van der Waals surface area contributed by atoms with Gasteiger partial charge in [0.05, 0.1) is 13.2 Å². The van der Waals surface area contributed by atoms with Crippen LogP contribution >= 0.6 is 12.2 Å². The normalized spacial score (nSPS) is 24.6. The zero-order valence-electron chi connectivity index (χ0n) is 16.4. The Labute approximate surface area is 172 Å². The van der Waals surface area contributed by atoms with Gasteiger partial charge in [0.2, 0.25) is 11.8 Å². The Hall–Kier alpha value is -1.64. The number of ether oxygens (including phenoxy) is 1. The molecule has 2 aliphatic heterocycles. The van der Waals surface area contributed by atoms with Gasteiger partial charge in [-0.15, -0.1) is 0 Å². The summed E-state index contributed by atoms with van der Waals surface area (Å²) in [4.78, 5) is 33.2. The molecule has 0 aromatic rings. The number of allylic oxidation sites excluding steroid dienone is 1. The van der Waals surface area contributed by atoms with Crippen LogP contribution in [0.15, 0.2) is 16.6 Å². The van der Waals surface area contributed by atoms with E-state index in [4.69, 9.17) is 17.0 Å². The number of rotatable bonds is 8. The molecular weight excluding hydrogens is 376 g/mol. The molecular formula is C20H30N4O3S. The van der Waals surface area contributed by atoms with Gasteiger partial charge in [0, 0.05) is 38.9 Å². The van der Waals surface area contributed by atoms with E-state index in [1.165, 1.54) is 29.5 Å².